The summed E-state index contributed by atoms with van der Waals surface area (Å²) in [4.78, 5) is 25.1. The minimum atomic E-state index is -4.18. The third kappa shape index (κ3) is 5.00. The molecular weight excluding hydrogens is 361 g/mol. The molecule has 27 heavy (non-hydrogen) atoms. The Morgan fingerprint density at radius 2 is 1.70 bits per heavy atom. The molecule has 3 rings (SSSR count). The summed E-state index contributed by atoms with van der Waals surface area (Å²) in [7, 11) is 0. The van der Waals surface area contributed by atoms with Gasteiger partial charge in [0.1, 0.15) is 5.54 Å². The Morgan fingerprint density at radius 1 is 1.15 bits per heavy atom. The minimum absolute atomic E-state index is 0.0303. The van der Waals surface area contributed by atoms with Gasteiger partial charge in [-0.1, -0.05) is 17.7 Å². The zero-order valence-corrected chi connectivity index (χ0v) is 15.3. The van der Waals surface area contributed by atoms with E-state index in [0.29, 0.717) is 25.9 Å². The number of hydrogen-bond acceptors (Lipinski definition) is 3. The fraction of sp³-hybridized carbons (Fsp3) is 0.579. The maximum Gasteiger partial charge on any atom is 0.390 e. The first kappa shape index (κ1) is 21.2. The van der Waals surface area contributed by atoms with Crippen LogP contribution in [0.2, 0.25) is 0 Å². The normalized spacial score (nSPS) is 23.3. The third-order valence-electron chi connectivity index (χ3n) is 5.25. The molecular formula is C19H25F3N2O3. The predicted molar refractivity (Wildman–Crippen MR) is 95.7 cm³/mol. The Morgan fingerprint density at radius 3 is 2.26 bits per heavy atom. The topological polar surface area (TPSA) is 60.9 Å². The highest BCUT2D eigenvalue weighted by Gasteiger charge is 2.51. The molecule has 5 nitrogen and oxygen atoms in total. The third-order valence-corrected chi connectivity index (χ3v) is 5.25. The van der Waals surface area contributed by atoms with Gasteiger partial charge in [-0.05, 0) is 51.3 Å². The SMILES string of the molecule is Cc1ccc(N2CCCC3(CCCN3CCC(F)(F)F)C2=O)cc1.O=CO. The van der Waals surface area contributed by atoms with Crippen molar-refractivity contribution >= 4 is 18.1 Å². The van der Waals surface area contributed by atoms with Crippen LogP contribution >= 0.6 is 0 Å². The van der Waals surface area contributed by atoms with Crippen molar-refractivity contribution in [2.24, 2.45) is 0 Å². The molecule has 2 fully saturated rings. The van der Waals surface area contributed by atoms with E-state index >= 15 is 0 Å². The van der Waals surface area contributed by atoms with E-state index < -0.39 is 18.1 Å². The van der Waals surface area contributed by atoms with Crippen molar-refractivity contribution in [3.05, 3.63) is 29.8 Å². The van der Waals surface area contributed by atoms with E-state index in [4.69, 9.17) is 9.90 Å². The van der Waals surface area contributed by atoms with Crippen molar-refractivity contribution in [3.63, 3.8) is 0 Å². The molecule has 1 aromatic rings. The zero-order valence-electron chi connectivity index (χ0n) is 15.3. The molecule has 2 aliphatic heterocycles. The number of carbonyl (C=O) groups excluding carboxylic acids is 1. The molecule has 1 unspecified atom stereocenters. The van der Waals surface area contributed by atoms with Crippen molar-refractivity contribution in [2.45, 2.75) is 50.7 Å². The molecule has 2 aliphatic rings. The summed E-state index contributed by atoms with van der Waals surface area (Å²) in [5.41, 5.74) is 1.21. The highest BCUT2D eigenvalue weighted by molar-refractivity contribution is 6.01. The van der Waals surface area contributed by atoms with Gasteiger partial charge in [0.05, 0.1) is 6.42 Å². The number of aryl methyl sites for hydroxylation is 1. The molecule has 2 saturated heterocycles. The van der Waals surface area contributed by atoms with Crippen molar-refractivity contribution in [2.75, 3.05) is 24.5 Å². The van der Waals surface area contributed by atoms with E-state index in [2.05, 4.69) is 0 Å². The molecule has 1 aromatic carbocycles. The van der Waals surface area contributed by atoms with Crippen LogP contribution in [0.5, 0.6) is 0 Å². The van der Waals surface area contributed by atoms with Crippen LogP contribution in [0.4, 0.5) is 18.9 Å². The summed E-state index contributed by atoms with van der Waals surface area (Å²) in [6.45, 7) is 2.86. The molecule has 0 saturated carbocycles. The molecule has 0 radical (unpaired) electrons. The van der Waals surface area contributed by atoms with Gasteiger partial charge in [0, 0.05) is 18.8 Å². The summed E-state index contributed by atoms with van der Waals surface area (Å²) in [5, 5.41) is 6.89. The summed E-state index contributed by atoms with van der Waals surface area (Å²) < 4.78 is 37.9. The molecule has 1 atom stereocenters. The lowest BCUT2D eigenvalue weighted by atomic mass is 9.85. The molecule has 1 N–H and O–H groups in total. The maximum absolute atomic E-state index is 13.2. The van der Waals surface area contributed by atoms with Gasteiger partial charge in [-0.15, -0.1) is 0 Å². The number of piperidine rings is 1. The number of carbonyl (C=O) groups is 2. The Hall–Kier alpha value is -2.09. The molecule has 1 spiro atoms. The minimum Gasteiger partial charge on any atom is -0.483 e. The van der Waals surface area contributed by atoms with E-state index in [9.17, 15) is 18.0 Å². The average Bonchev–Trinajstić information content (AvgIpc) is 3.00. The van der Waals surface area contributed by atoms with E-state index in [-0.39, 0.29) is 18.9 Å². The second-order valence-electron chi connectivity index (χ2n) is 6.99. The second kappa shape index (κ2) is 8.73. The predicted octanol–water partition coefficient (Wildman–Crippen LogP) is 3.61. The Bertz CT molecular complexity index is 649. The number of alkyl halides is 3. The van der Waals surface area contributed by atoms with E-state index in [1.165, 1.54) is 0 Å². The monoisotopic (exact) mass is 386 g/mol. The number of rotatable bonds is 3. The summed E-state index contributed by atoms with van der Waals surface area (Å²) in [5.74, 6) is -0.0303. The Kier molecular flexibility index (Phi) is 6.86. The first-order valence-corrected chi connectivity index (χ1v) is 9.02. The maximum atomic E-state index is 13.2. The van der Waals surface area contributed by atoms with Crippen LogP contribution in [0.25, 0.3) is 0 Å². The lowest BCUT2D eigenvalue weighted by molar-refractivity contribution is -0.146. The summed E-state index contributed by atoms with van der Waals surface area (Å²) >= 11 is 0. The van der Waals surface area contributed by atoms with Crippen LogP contribution in [-0.2, 0) is 9.59 Å². The van der Waals surface area contributed by atoms with E-state index in [1.807, 2.05) is 31.2 Å². The fourth-order valence-corrected chi connectivity index (χ4v) is 4.01. The molecule has 0 aliphatic carbocycles. The van der Waals surface area contributed by atoms with Crippen LogP contribution < -0.4 is 4.90 Å². The summed E-state index contributed by atoms with van der Waals surface area (Å²) in [6.07, 6.45) is -2.11. The van der Waals surface area contributed by atoms with Gasteiger partial charge in [-0.2, -0.15) is 13.2 Å². The fourth-order valence-electron chi connectivity index (χ4n) is 4.01. The second-order valence-corrected chi connectivity index (χ2v) is 6.99. The zero-order chi connectivity index (χ0) is 20.1. The van der Waals surface area contributed by atoms with Crippen molar-refractivity contribution in [3.8, 4) is 0 Å². The Balaban J connectivity index is 0.000000817. The van der Waals surface area contributed by atoms with Gasteiger partial charge in [-0.3, -0.25) is 14.5 Å². The van der Waals surface area contributed by atoms with Crippen LogP contribution in [-0.4, -0.2) is 53.7 Å². The highest BCUT2D eigenvalue weighted by Crippen LogP contribution is 2.40. The van der Waals surface area contributed by atoms with Crippen molar-refractivity contribution in [1.82, 2.24) is 4.90 Å². The smallest absolute Gasteiger partial charge is 0.390 e. The largest absolute Gasteiger partial charge is 0.483 e. The number of likely N-dealkylation sites (tertiary alicyclic amines) is 1. The first-order chi connectivity index (χ1) is 12.7. The standard InChI is InChI=1S/C18H23F3N2O.CH2O2/c1-14-4-6-15(7-5-14)23-12-3-9-17(16(23)24)8-2-11-22(17)13-10-18(19,20)21;2-1-3/h4-7H,2-3,8-13H2,1H3;1H,(H,2,3). The number of nitrogens with zero attached hydrogens (tertiary/aromatic N) is 2. The highest BCUT2D eigenvalue weighted by atomic mass is 19.4. The number of halogens is 3. The van der Waals surface area contributed by atoms with Crippen LogP contribution in [0.3, 0.4) is 0 Å². The van der Waals surface area contributed by atoms with Crippen LogP contribution in [0.15, 0.2) is 24.3 Å². The summed E-state index contributed by atoms with van der Waals surface area (Å²) in [6, 6.07) is 7.75. The van der Waals surface area contributed by atoms with E-state index in [0.717, 1.165) is 24.1 Å². The van der Waals surface area contributed by atoms with Gasteiger partial charge >= 0.3 is 6.18 Å². The van der Waals surface area contributed by atoms with Gasteiger partial charge in [0.25, 0.3) is 6.47 Å². The molecule has 2 heterocycles. The molecule has 1 amide bonds. The van der Waals surface area contributed by atoms with Gasteiger partial charge in [-0.25, -0.2) is 0 Å². The van der Waals surface area contributed by atoms with E-state index in [1.54, 1.807) is 9.80 Å². The van der Waals surface area contributed by atoms with Crippen molar-refractivity contribution in [1.29, 1.82) is 0 Å². The number of carboxylic acid groups (broad SMARTS) is 1. The molecule has 8 heteroatoms. The van der Waals surface area contributed by atoms with Crippen LogP contribution in [0.1, 0.15) is 37.7 Å². The quantitative estimate of drug-likeness (QED) is 0.807. The lowest BCUT2D eigenvalue weighted by Crippen LogP contribution is -2.60. The van der Waals surface area contributed by atoms with Gasteiger partial charge < -0.3 is 10.0 Å². The van der Waals surface area contributed by atoms with Crippen molar-refractivity contribution < 1.29 is 27.9 Å². The number of anilines is 1. The van der Waals surface area contributed by atoms with Gasteiger partial charge in [0.15, 0.2) is 0 Å². The molecule has 0 bridgehead atoms. The number of benzene rings is 1. The average molecular weight is 386 g/mol. The first-order valence-electron chi connectivity index (χ1n) is 9.02. The lowest BCUT2D eigenvalue weighted by Gasteiger charge is -2.44. The molecule has 150 valence electrons. The molecule has 0 aromatic heterocycles. The van der Waals surface area contributed by atoms with Crippen LogP contribution in [0, 0.1) is 6.92 Å². The number of hydrogen-bond donors (Lipinski definition) is 1. The Labute approximate surface area is 156 Å². The van der Waals surface area contributed by atoms with Gasteiger partial charge in [0.2, 0.25) is 5.91 Å². The number of amides is 1.